The largest absolute Gasteiger partial charge is 0.355 e. The molecule has 0 saturated carbocycles. The molecule has 0 radical (unpaired) electrons. The van der Waals surface area contributed by atoms with Crippen molar-refractivity contribution in [1.82, 2.24) is 15.4 Å². The molecule has 27 heavy (non-hydrogen) atoms. The van der Waals surface area contributed by atoms with Crippen LogP contribution in [-0.4, -0.2) is 36.6 Å². The minimum atomic E-state index is -0.266. The maximum atomic E-state index is 12.5. The van der Waals surface area contributed by atoms with Crippen LogP contribution in [0.1, 0.15) is 27.7 Å². The number of rotatable bonds is 6. The Balaban J connectivity index is 1.67. The first-order valence-electron chi connectivity index (χ1n) is 8.68. The zero-order chi connectivity index (χ0) is 19.4. The third kappa shape index (κ3) is 4.76. The number of carbonyl (C=O) groups is 1. The maximum absolute atomic E-state index is 12.5. The summed E-state index contributed by atoms with van der Waals surface area (Å²) in [4.78, 5) is 14.5. The Hall–Kier alpha value is -2.63. The van der Waals surface area contributed by atoms with E-state index < -0.39 is 0 Å². The molecule has 0 spiro atoms. The van der Waals surface area contributed by atoms with E-state index in [1.807, 2.05) is 74.4 Å². The van der Waals surface area contributed by atoms with Crippen molar-refractivity contribution < 1.29 is 9.32 Å². The lowest BCUT2D eigenvalue weighted by atomic mass is 10.1. The molecule has 0 unspecified atom stereocenters. The summed E-state index contributed by atoms with van der Waals surface area (Å²) in [6.07, 6.45) is 0. The lowest BCUT2D eigenvalue weighted by Crippen LogP contribution is -2.34. The molecular formula is C21H22ClN3O2. The van der Waals surface area contributed by atoms with Crippen molar-refractivity contribution in [2.24, 2.45) is 0 Å². The number of benzene rings is 2. The van der Waals surface area contributed by atoms with E-state index in [4.69, 9.17) is 16.1 Å². The highest BCUT2D eigenvalue weighted by atomic mass is 35.5. The molecule has 2 aromatic carbocycles. The molecule has 1 heterocycles. The lowest BCUT2D eigenvalue weighted by Gasteiger charge is -2.25. The Morgan fingerprint density at radius 1 is 1.15 bits per heavy atom. The number of nitrogens with one attached hydrogen (secondary N) is 1. The van der Waals surface area contributed by atoms with Crippen LogP contribution in [0.5, 0.6) is 0 Å². The molecule has 0 fully saturated rings. The molecule has 0 saturated heterocycles. The first kappa shape index (κ1) is 19.1. The summed E-state index contributed by atoms with van der Waals surface area (Å²) in [7, 11) is 3.94. The fourth-order valence-electron chi connectivity index (χ4n) is 2.80. The Kier molecular flexibility index (Phi) is 5.94. The maximum Gasteiger partial charge on any atom is 0.273 e. The van der Waals surface area contributed by atoms with E-state index in [0.29, 0.717) is 17.3 Å². The Bertz CT molecular complexity index is 902. The predicted octanol–water partition coefficient (Wildman–Crippen LogP) is 4.34. The number of carbonyl (C=O) groups excluding carboxylic acids is 1. The number of aryl methyl sites for hydroxylation is 1. The van der Waals surface area contributed by atoms with Gasteiger partial charge in [0.2, 0.25) is 0 Å². The topological polar surface area (TPSA) is 58.4 Å². The fourth-order valence-corrected chi connectivity index (χ4v) is 2.93. The molecule has 140 valence electrons. The van der Waals surface area contributed by atoms with Crippen molar-refractivity contribution in [1.29, 1.82) is 0 Å². The van der Waals surface area contributed by atoms with E-state index in [9.17, 15) is 4.79 Å². The second-order valence-electron chi connectivity index (χ2n) is 6.68. The molecule has 1 atom stereocenters. The Morgan fingerprint density at radius 2 is 1.81 bits per heavy atom. The third-order valence-electron chi connectivity index (χ3n) is 4.41. The molecule has 3 rings (SSSR count). The molecule has 6 heteroatoms. The van der Waals surface area contributed by atoms with Crippen molar-refractivity contribution >= 4 is 17.5 Å². The van der Waals surface area contributed by atoms with Crippen molar-refractivity contribution in [3.05, 3.63) is 76.4 Å². The summed E-state index contributed by atoms with van der Waals surface area (Å²) in [5, 5.41) is 7.52. The van der Waals surface area contributed by atoms with Gasteiger partial charge >= 0.3 is 0 Å². The third-order valence-corrected chi connectivity index (χ3v) is 4.66. The second-order valence-corrected chi connectivity index (χ2v) is 7.12. The highest BCUT2D eigenvalue weighted by Gasteiger charge is 2.18. The molecule has 1 N–H and O–H groups in total. The Morgan fingerprint density at radius 3 is 2.44 bits per heavy atom. The van der Waals surface area contributed by atoms with Gasteiger partial charge in [-0.25, -0.2) is 0 Å². The minimum absolute atomic E-state index is 0.0229. The van der Waals surface area contributed by atoms with Gasteiger partial charge in [-0.15, -0.1) is 0 Å². The van der Waals surface area contributed by atoms with Crippen molar-refractivity contribution in [3.8, 4) is 11.3 Å². The van der Waals surface area contributed by atoms with Gasteiger partial charge in [-0.3, -0.25) is 4.79 Å². The highest BCUT2D eigenvalue weighted by molar-refractivity contribution is 6.30. The standard InChI is InChI=1S/C21H22ClN3O2/c1-14-4-6-16(7-5-14)20-12-18(24-27-20)21(26)23-13-19(25(2)3)15-8-10-17(22)11-9-15/h4-12,19H,13H2,1-3H3,(H,23,26)/t19-/m1/s1. The van der Waals surface area contributed by atoms with Gasteiger partial charge < -0.3 is 14.7 Å². The minimum Gasteiger partial charge on any atom is -0.355 e. The first-order chi connectivity index (χ1) is 12.9. The lowest BCUT2D eigenvalue weighted by molar-refractivity contribution is 0.0933. The van der Waals surface area contributed by atoms with Crippen molar-refractivity contribution in [3.63, 3.8) is 0 Å². The molecule has 0 aliphatic heterocycles. The normalized spacial score (nSPS) is 12.2. The van der Waals surface area contributed by atoms with Crippen LogP contribution in [0.25, 0.3) is 11.3 Å². The van der Waals surface area contributed by atoms with Crippen LogP contribution in [-0.2, 0) is 0 Å². The summed E-state index contributed by atoms with van der Waals surface area (Å²) in [6, 6.07) is 17.2. The van der Waals surface area contributed by atoms with Gasteiger partial charge in [-0.1, -0.05) is 58.7 Å². The number of hydrogen-bond acceptors (Lipinski definition) is 4. The van der Waals surface area contributed by atoms with E-state index in [1.54, 1.807) is 6.07 Å². The monoisotopic (exact) mass is 383 g/mol. The van der Waals surface area contributed by atoms with Gasteiger partial charge in [0.05, 0.1) is 6.04 Å². The molecule has 3 aromatic rings. The smallest absolute Gasteiger partial charge is 0.273 e. The zero-order valence-electron chi connectivity index (χ0n) is 15.6. The van der Waals surface area contributed by atoms with E-state index in [0.717, 1.165) is 16.7 Å². The summed E-state index contributed by atoms with van der Waals surface area (Å²) >= 11 is 5.96. The summed E-state index contributed by atoms with van der Waals surface area (Å²) in [6.45, 7) is 2.46. The van der Waals surface area contributed by atoms with Crippen molar-refractivity contribution in [2.45, 2.75) is 13.0 Å². The van der Waals surface area contributed by atoms with Crippen LogP contribution in [0, 0.1) is 6.92 Å². The van der Waals surface area contributed by atoms with Crippen LogP contribution in [0.4, 0.5) is 0 Å². The summed E-state index contributed by atoms with van der Waals surface area (Å²) in [5.41, 5.74) is 3.39. The number of halogens is 1. The number of hydrogen-bond donors (Lipinski definition) is 1. The molecule has 1 aromatic heterocycles. The van der Waals surface area contributed by atoms with Gasteiger partial charge in [0.15, 0.2) is 11.5 Å². The van der Waals surface area contributed by atoms with E-state index in [1.165, 1.54) is 0 Å². The van der Waals surface area contributed by atoms with E-state index in [2.05, 4.69) is 10.5 Å². The average molecular weight is 384 g/mol. The number of aromatic nitrogens is 1. The van der Waals surface area contributed by atoms with Gasteiger partial charge in [0.25, 0.3) is 5.91 Å². The van der Waals surface area contributed by atoms with Gasteiger partial charge in [-0.2, -0.15) is 0 Å². The molecule has 1 amide bonds. The van der Waals surface area contributed by atoms with Crippen LogP contribution in [0.15, 0.2) is 59.1 Å². The summed E-state index contributed by atoms with van der Waals surface area (Å²) < 4.78 is 5.33. The summed E-state index contributed by atoms with van der Waals surface area (Å²) in [5.74, 6) is 0.305. The highest BCUT2D eigenvalue weighted by Crippen LogP contribution is 2.22. The SMILES string of the molecule is Cc1ccc(-c2cc(C(=O)NC[C@H](c3ccc(Cl)cc3)N(C)C)no2)cc1. The van der Waals surface area contributed by atoms with Crippen LogP contribution in [0.3, 0.4) is 0 Å². The number of likely N-dealkylation sites (N-methyl/N-ethyl adjacent to an activating group) is 1. The van der Waals surface area contributed by atoms with Crippen LogP contribution >= 0.6 is 11.6 Å². The fraction of sp³-hybridized carbons (Fsp3) is 0.238. The molecule has 0 bridgehead atoms. The van der Waals surface area contributed by atoms with Gasteiger partial charge in [-0.05, 0) is 38.7 Å². The van der Waals surface area contributed by atoms with Crippen molar-refractivity contribution in [2.75, 3.05) is 20.6 Å². The number of nitrogens with zero attached hydrogens (tertiary/aromatic N) is 2. The van der Waals surface area contributed by atoms with Crippen LogP contribution < -0.4 is 5.32 Å². The second kappa shape index (κ2) is 8.37. The Labute approximate surface area is 163 Å². The van der Waals surface area contributed by atoms with E-state index >= 15 is 0 Å². The van der Waals surface area contributed by atoms with E-state index in [-0.39, 0.29) is 17.6 Å². The molecular weight excluding hydrogens is 362 g/mol. The van der Waals surface area contributed by atoms with Gasteiger partial charge in [0, 0.05) is 23.2 Å². The zero-order valence-corrected chi connectivity index (χ0v) is 16.3. The number of amides is 1. The quantitative estimate of drug-likeness (QED) is 0.688. The average Bonchev–Trinajstić information content (AvgIpc) is 3.14. The van der Waals surface area contributed by atoms with Crippen LogP contribution in [0.2, 0.25) is 5.02 Å². The molecule has 5 nitrogen and oxygen atoms in total. The van der Waals surface area contributed by atoms with Gasteiger partial charge in [0.1, 0.15) is 0 Å². The molecule has 0 aliphatic carbocycles. The first-order valence-corrected chi connectivity index (χ1v) is 9.05. The molecule has 0 aliphatic rings. The predicted molar refractivity (Wildman–Crippen MR) is 107 cm³/mol.